The maximum Gasteiger partial charge on any atom is 0.103 e. The van der Waals surface area contributed by atoms with Crippen molar-refractivity contribution in [3.63, 3.8) is 0 Å². The van der Waals surface area contributed by atoms with E-state index in [2.05, 4.69) is 16.7 Å². The summed E-state index contributed by atoms with van der Waals surface area (Å²) in [6.07, 6.45) is 6.51. The molecule has 0 bridgehead atoms. The lowest BCUT2D eigenvalue weighted by Gasteiger charge is -2.38. The standard InChI is InChI=1S/C19H27NO/c1-20(2)16-10-9-15-19(21,17-11-5-3-6-12-17)18-13-7-4-8-14-18/h3,5-6,11-12,18,21H,4,7-8,13-16H2,1-2H3/t19-/m0/s1. The molecule has 1 saturated carbocycles. The minimum absolute atomic E-state index is 0.335. The van der Waals surface area contributed by atoms with Gasteiger partial charge >= 0.3 is 0 Å². The van der Waals surface area contributed by atoms with Crippen molar-refractivity contribution in [1.29, 1.82) is 0 Å². The molecule has 2 nitrogen and oxygen atoms in total. The van der Waals surface area contributed by atoms with Gasteiger partial charge in [-0.25, -0.2) is 0 Å². The number of nitrogens with zero attached hydrogens (tertiary/aromatic N) is 1. The molecular weight excluding hydrogens is 258 g/mol. The van der Waals surface area contributed by atoms with Crippen molar-refractivity contribution >= 4 is 0 Å². The summed E-state index contributed by atoms with van der Waals surface area (Å²) in [5.41, 5.74) is 0.233. The second-order valence-electron chi connectivity index (χ2n) is 6.39. The second-order valence-corrected chi connectivity index (χ2v) is 6.39. The fourth-order valence-electron chi connectivity index (χ4n) is 3.20. The third-order valence-electron chi connectivity index (χ3n) is 4.43. The summed E-state index contributed by atoms with van der Waals surface area (Å²) in [6, 6.07) is 10.1. The van der Waals surface area contributed by atoms with Gasteiger partial charge in [0.05, 0.1) is 6.54 Å². The van der Waals surface area contributed by atoms with Crippen LogP contribution in [0.4, 0.5) is 0 Å². The highest BCUT2D eigenvalue weighted by atomic mass is 16.3. The summed E-state index contributed by atoms with van der Waals surface area (Å²) in [7, 11) is 4.03. The lowest BCUT2D eigenvalue weighted by atomic mass is 9.72. The summed E-state index contributed by atoms with van der Waals surface area (Å²) in [5, 5.41) is 11.4. The van der Waals surface area contributed by atoms with Crippen molar-refractivity contribution in [3.05, 3.63) is 35.9 Å². The largest absolute Gasteiger partial charge is 0.384 e. The molecule has 1 N–H and O–H groups in total. The Hall–Kier alpha value is -1.30. The predicted octanol–water partition coefficient (Wildman–Crippen LogP) is 3.41. The van der Waals surface area contributed by atoms with Gasteiger partial charge in [-0.2, -0.15) is 0 Å². The van der Waals surface area contributed by atoms with Gasteiger partial charge < -0.3 is 5.11 Å². The van der Waals surface area contributed by atoms with Crippen LogP contribution in [0.15, 0.2) is 30.3 Å². The zero-order chi connectivity index (χ0) is 15.1. The quantitative estimate of drug-likeness (QED) is 0.857. The molecule has 0 heterocycles. The van der Waals surface area contributed by atoms with Gasteiger partial charge in [-0.15, -0.1) is 0 Å². The van der Waals surface area contributed by atoms with Crippen LogP contribution in [0.3, 0.4) is 0 Å². The SMILES string of the molecule is CN(C)CC#CC[C@](O)(c1ccccc1)C1CCCCC1. The maximum absolute atomic E-state index is 11.4. The van der Waals surface area contributed by atoms with E-state index in [4.69, 9.17) is 0 Å². The van der Waals surface area contributed by atoms with Crippen molar-refractivity contribution in [3.8, 4) is 11.8 Å². The summed E-state index contributed by atoms with van der Waals surface area (Å²) in [5.74, 6) is 6.71. The molecule has 0 unspecified atom stereocenters. The van der Waals surface area contributed by atoms with Crippen molar-refractivity contribution in [2.75, 3.05) is 20.6 Å². The van der Waals surface area contributed by atoms with Crippen LogP contribution < -0.4 is 0 Å². The molecule has 1 aliphatic rings. The first-order valence-electron chi connectivity index (χ1n) is 8.01. The van der Waals surface area contributed by atoms with Crippen LogP contribution in [0.1, 0.15) is 44.1 Å². The van der Waals surface area contributed by atoms with Crippen LogP contribution in [0.5, 0.6) is 0 Å². The smallest absolute Gasteiger partial charge is 0.103 e. The molecule has 2 heteroatoms. The number of rotatable bonds is 4. The fourth-order valence-corrected chi connectivity index (χ4v) is 3.20. The Morgan fingerprint density at radius 2 is 1.76 bits per heavy atom. The first kappa shape index (κ1) is 16.1. The second kappa shape index (κ2) is 7.64. The Labute approximate surface area is 129 Å². The Balaban J connectivity index is 2.18. The lowest BCUT2D eigenvalue weighted by Crippen LogP contribution is -2.36. The van der Waals surface area contributed by atoms with E-state index in [1.54, 1.807) is 0 Å². The number of aliphatic hydroxyl groups is 1. The van der Waals surface area contributed by atoms with Crippen molar-refractivity contribution in [2.45, 2.75) is 44.1 Å². The molecule has 0 aliphatic heterocycles. The van der Waals surface area contributed by atoms with Gasteiger partial charge in [-0.3, -0.25) is 4.90 Å². The molecular formula is C19H27NO. The van der Waals surface area contributed by atoms with Gasteiger partial charge in [0.2, 0.25) is 0 Å². The minimum atomic E-state index is -0.791. The topological polar surface area (TPSA) is 23.5 Å². The van der Waals surface area contributed by atoms with Crippen molar-refractivity contribution in [1.82, 2.24) is 4.90 Å². The Morgan fingerprint density at radius 3 is 2.38 bits per heavy atom. The number of hydrogen-bond donors (Lipinski definition) is 1. The molecule has 21 heavy (non-hydrogen) atoms. The predicted molar refractivity (Wildman–Crippen MR) is 87.9 cm³/mol. The van der Waals surface area contributed by atoms with E-state index in [9.17, 15) is 5.11 Å². The average Bonchev–Trinajstić information content (AvgIpc) is 2.53. The Morgan fingerprint density at radius 1 is 1.10 bits per heavy atom. The van der Waals surface area contributed by atoms with Gasteiger partial charge in [-0.1, -0.05) is 61.4 Å². The monoisotopic (exact) mass is 285 g/mol. The van der Waals surface area contributed by atoms with E-state index in [0.29, 0.717) is 12.3 Å². The van der Waals surface area contributed by atoms with Crippen molar-refractivity contribution in [2.24, 2.45) is 5.92 Å². The molecule has 0 radical (unpaired) electrons. The number of benzene rings is 1. The zero-order valence-corrected chi connectivity index (χ0v) is 13.3. The number of hydrogen-bond acceptors (Lipinski definition) is 2. The molecule has 1 aromatic rings. The highest BCUT2D eigenvalue weighted by Crippen LogP contribution is 2.41. The molecule has 114 valence electrons. The normalized spacial score (nSPS) is 18.9. The van der Waals surface area contributed by atoms with Crippen LogP contribution in [0.2, 0.25) is 0 Å². The molecule has 1 aliphatic carbocycles. The van der Waals surface area contributed by atoms with E-state index in [1.807, 2.05) is 44.4 Å². The van der Waals surface area contributed by atoms with E-state index in [1.165, 1.54) is 19.3 Å². The first-order valence-corrected chi connectivity index (χ1v) is 8.01. The van der Waals surface area contributed by atoms with Crippen LogP contribution in [0.25, 0.3) is 0 Å². The van der Waals surface area contributed by atoms with Gasteiger partial charge in [0.1, 0.15) is 5.60 Å². The van der Waals surface area contributed by atoms with E-state index in [0.717, 1.165) is 24.9 Å². The zero-order valence-electron chi connectivity index (χ0n) is 13.3. The molecule has 1 aromatic carbocycles. The summed E-state index contributed by atoms with van der Waals surface area (Å²) in [6.45, 7) is 0.746. The van der Waals surface area contributed by atoms with Crippen molar-refractivity contribution < 1.29 is 5.11 Å². The third kappa shape index (κ3) is 4.33. The highest BCUT2D eigenvalue weighted by molar-refractivity contribution is 5.26. The summed E-state index contributed by atoms with van der Waals surface area (Å²) < 4.78 is 0. The van der Waals surface area contributed by atoms with E-state index < -0.39 is 5.60 Å². The van der Waals surface area contributed by atoms with Crippen LogP contribution in [0, 0.1) is 17.8 Å². The summed E-state index contributed by atoms with van der Waals surface area (Å²) in [4.78, 5) is 2.05. The maximum atomic E-state index is 11.4. The Kier molecular flexibility index (Phi) is 5.85. The first-order chi connectivity index (χ1) is 10.1. The van der Waals surface area contributed by atoms with Gasteiger partial charge in [0.15, 0.2) is 0 Å². The molecule has 0 saturated heterocycles. The lowest BCUT2D eigenvalue weighted by molar-refractivity contribution is -0.0344. The van der Waals surface area contributed by atoms with Gasteiger partial charge in [0.25, 0.3) is 0 Å². The minimum Gasteiger partial charge on any atom is -0.384 e. The van der Waals surface area contributed by atoms with E-state index in [-0.39, 0.29) is 0 Å². The van der Waals surface area contributed by atoms with Gasteiger partial charge in [0, 0.05) is 6.42 Å². The van der Waals surface area contributed by atoms with Crippen LogP contribution in [-0.2, 0) is 5.60 Å². The molecule has 0 aromatic heterocycles. The molecule has 0 spiro atoms. The fraction of sp³-hybridized carbons (Fsp3) is 0.579. The van der Waals surface area contributed by atoms with Gasteiger partial charge in [-0.05, 0) is 38.4 Å². The molecule has 1 atom stereocenters. The highest BCUT2D eigenvalue weighted by Gasteiger charge is 2.38. The van der Waals surface area contributed by atoms with E-state index >= 15 is 0 Å². The summed E-state index contributed by atoms with van der Waals surface area (Å²) >= 11 is 0. The molecule has 0 amide bonds. The Bertz CT molecular complexity index is 479. The van der Waals surface area contributed by atoms with Crippen LogP contribution >= 0.6 is 0 Å². The molecule has 1 fully saturated rings. The third-order valence-corrected chi connectivity index (χ3v) is 4.43. The molecule has 2 rings (SSSR count). The average molecular weight is 285 g/mol. The van der Waals surface area contributed by atoms with Crippen LogP contribution in [-0.4, -0.2) is 30.6 Å².